The zero-order valence-electron chi connectivity index (χ0n) is 29.3. The lowest BCUT2D eigenvalue weighted by Gasteiger charge is -2.40. The highest BCUT2D eigenvalue weighted by Gasteiger charge is 2.50. The molecular weight excluding hydrogens is 673 g/mol. The Morgan fingerprint density at radius 2 is 0.907 bits per heavy atom. The van der Waals surface area contributed by atoms with E-state index >= 15 is 0 Å². The Hall–Kier alpha value is -6.55. The second-order valence-corrected chi connectivity index (χ2v) is 15.1. The highest BCUT2D eigenvalue weighted by atomic mass is 32.2. The largest absolute Gasteiger partial charge is 0.228 e. The van der Waals surface area contributed by atoms with Gasteiger partial charge >= 0.3 is 0 Å². The summed E-state index contributed by atoms with van der Waals surface area (Å²) in [5.41, 5.74) is 16.3. The summed E-state index contributed by atoms with van der Waals surface area (Å²) in [6.45, 7) is 0. The summed E-state index contributed by atoms with van der Waals surface area (Å²) in [6, 6.07) is 70.2. The van der Waals surface area contributed by atoms with Gasteiger partial charge in [0.15, 0.2) is 5.82 Å². The molecule has 1 aliphatic carbocycles. The van der Waals surface area contributed by atoms with Crippen molar-refractivity contribution in [2.45, 2.75) is 15.2 Å². The average Bonchev–Trinajstić information content (AvgIpc) is 3.54. The Kier molecular flexibility index (Phi) is 7.05. The molecule has 0 fully saturated rings. The number of para-hydroxylation sites is 1. The van der Waals surface area contributed by atoms with E-state index in [2.05, 4.69) is 182 Å². The minimum atomic E-state index is -0.391. The molecule has 0 atom stereocenters. The minimum absolute atomic E-state index is 0.391. The van der Waals surface area contributed by atoms with Crippen LogP contribution in [0, 0.1) is 0 Å². The van der Waals surface area contributed by atoms with Crippen LogP contribution in [0.15, 0.2) is 204 Å². The van der Waals surface area contributed by atoms with Crippen molar-refractivity contribution in [3.05, 3.63) is 216 Å². The van der Waals surface area contributed by atoms with E-state index in [-0.39, 0.29) is 0 Å². The third-order valence-corrected chi connectivity index (χ3v) is 12.3. The number of benzene rings is 8. The summed E-state index contributed by atoms with van der Waals surface area (Å²) in [6.07, 6.45) is 0. The molecule has 9 aromatic rings. The first kappa shape index (κ1) is 31.0. The summed E-state index contributed by atoms with van der Waals surface area (Å²) >= 11 is 1.88. The van der Waals surface area contributed by atoms with Crippen molar-refractivity contribution in [1.82, 2.24) is 9.97 Å². The van der Waals surface area contributed by atoms with Gasteiger partial charge in [-0.3, -0.25) is 0 Å². The first-order valence-corrected chi connectivity index (χ1v) is 19.2. The average molecular weight is 705 g/mol. The van der Waals surface area contributed by atoms with E-state index < -0.39 is 5.41 Å². The summed E-state index contributed by atoms with van der Waals surface area (Å²) in [5, 5.41) is 1.05. The molecule has 54 heavy (non-hydrogen) atoms. The number of hydrogen-bond acceptors (Lipinski definition) is 3. The molecule has 2 nitrogen and oxygen atoms in total. The lowest BCUT2D eigenvalue weighted by atomic mass is 9.67. The van der Waals surface area contributed by atoms with Crippen LogP contribution in [0.2, 0.25) is 0 Å². The van der Waals surface area contributed by atoms with Crippen molar-refractivity contribution in [2.75, 3.05) is 0 Å². The van der Waals surface area contributed by atoms with Crippen LogP contribution in [-0.2, 0) is 5.41 Å². The van der Waals surface area contributed by atoms with Gasteiger partial charge < -0.3 is 0 Å². The summed E-state index contributed by atoms with van der Waals surface area (Å²) in [4.78, 5) is 12.9. The number of aromatic nitrogens is 2. The Morgan fingerprint density at radius 3 is 1.67 bits per heavy atom. The number of rotatable bonds is 4. The third-order valence-electron chi connectivity index (χ3n) is 11.2. The number of nitrogens with zero attached hydrogens (tertiary/aromatic N) is 2. The lowest BCUT2D eigenvalue weighted by molar-refractivity contribution is 0.723. The van der Waals surface area contributed by atoms with Crippen molar-refractivity contribution >= 4 is 22.7 Å². The number of hydrogen-bond donors (Lipinski definition) is 0. The molecule has 1 spiro atoms. The van der Waals surface area contributed by atoms with E-state index in [1.807, 2.05) is 23.9 Å². The van der Waals surface area contributed by atoms with Gasteiger partial charge in [-0.05, 0) is 79.9 Å². The maximum absolute atomic E-state index is 5.20. The predicted molar refractivity (Wildman–Crippen MR) is 223 cm³/mol. The Morgan fingerprint density at radius 1 is 0.352 bits per heavy atom. The molecule has 0 saturated carbocycles. The molecule has 11 rings (SSSR count). The molecule has 0 radical (unpaired) electrons. The molecule has 0 unspecified atom stereocenters. The first-order valence-electron chi connectivity index (χ1n) is 18.4. The third kappa shape index (κ3) is 4.62. The van der Waals surface area contributed by atoms with Crippen LogP contribution in [0.4, 0.5) is 0 Å². The molecule has 0 amide bonds. The summed E-state index contributed by atoms with van der Waals surface area (Å²) < 4.78 is 0. The van der Waals surface area contributed by atoms with E-state index in [1.54, 1.807) is 0 Å². The Balaban J connectivity index is 1.03. The second-order valence-electron chi connectivity index (χ2n) is 14.1. The Labute approximate surface area is 318 Å². The van der Waals surface area contributed by atoms with Gasteiger partial charge in [0.25, 0.3) is 0 Å². The minimum Gasteiger partial charge on any atom is -0.228 e. The number of fused-ring (bicyclic) bond motifs is 10. The van der Waals surface area contributed by atoms with E-state index in [0.29, 0.717) is 0 Å². The standard InChI is InChI=1S/C51H32N2S/c1-2-14-35(15-3-1)49-41-20-8-12-24-46(41)52-50(53-49)40-19-5-4-16-37(40)34-28-26-33(27-29-34)36-30-31-48-45(32-36)51(44-23-11-13-25-47(44)54-48)42-21-9-6-17-38(42)39-18-7-10-22-43(39)51/h1-32H. The SMILES string of the molecule is c1ccc(-c2nc(-c3ccccc3-c3ccc(-c4ccc5c(c4)C4(c6ccccc6S5)c5ccccc5-c5ccccc54)cc3)nc3ccccc23)cc1. The molecule has 8 aromatic carbocycles. The fourth-order valence-electron chi connectivity index (χ4n) is 8.82. The van der Waals surface area contributed by atoms with Crippen LogP contribution in [0.5, 0.6) is 0 Å². The first-order chi connectivity index (χ1) is 26.8. The quantitative estimate of drug-likeness (QED) is 0.182. The van der Waals surface area contributed by atoms with Crippen LogP contribution >= 0.6 is 11.8 Å². The van der Waals surface area contributed by atoms with Gasteiger partial charge in [-0.25, -0.2) is 9.97 Å². The molecule has 0 N–H and O–H groups in total. The van der Waals surface area contributed by atoms with Gasteiger partial charge in [0.05, 0.1) is 16.6 Å². The zero-order chi connectivity index (χ0) is 35.6. The highest BCUT2D eigenvalue weighted by Crippen LogP contribution is 2.62. The van der Waals surface area contributed by atoms with Crippen molar-refractivity contribution in [3.63, 3.8) is 0 Å². The van der Waals surface area contributed by atoms with Crippen molar-refractivity contribution in [2.24, 2.45) is 0 Å². The van der Waals surface area contributed by atoms with E-state index in [1.165, 1.54) is 54.3 Å². The van der Waals surface area contributed by atoms with Gasteiger partial charge in [0, 0.05) is 26.3 Å². The maximum Gasteiger partial charge on any atom is 0.161 e. The van der Waals surface area contributed by atoms with Gasteiger partial charge in [-0.15, -0.1) is 0 Å². The van der Waals surface area contributed by atoms with Gasteiger partial charge in [-0.1, -0.05) is 182 Å². The fourth-order valence-corrected chi connectivity index (χ4v) is 9.99. The predicted octanol–water partition coefficient (Wildman–Crippen LogP) is 13.1. The van der Waals surface area contributed by atoms with Crippen LogP contribution in [0.1, 0.15) is 22.3 Å². The molecule has 1 aromatic heterocycles. The molecule has 1 aliphatic heterocycles. The van der Waals surface area contributed by atoms with Crippen LogP contribution < -0.4 is 0 Å². The molecule has 0 bridgehead atoms. The zero-order valence-corrected chi connectivity index (χ0v) is 30.1. The van der Waals surface area contributed by atoms with Crippen molar-refractivity contribution < 1.29 is 0 Å². The normalized spacial score (nSPS) is 13.3. The maximum atomic E-state index is 5.20. The highest BCUT2D eigenvalue weighted by molar-refractivity contribution is 7.99. The van der Waals surface area contributed by atoms with E-state index in [0.717, 1.165) is 44.7 Å². The Bertz CT molecular complexity index is 2870. The van der Waals surface area contributed by atoms with Gasteiger partial charge in [-0.2, -0.15) is 0 Å². The molecule has 2 aliphatic rings. The monoisotopic (exact) mass is 704 g/mol. The molecule has 252 valence electrons. The van der Waals surface area contributed by atoms with Crippen LogP contribution in [0.3, 0.4) is 0 Å². The van der Waals surface area contributed by atoms with E-state index in [9.17, 15) is 0 Å². The molecule has 0 saturated heterocycles. The van der Waals surface area contributed by atoms with Crippen LogP contribution in [0.25, 0.3) is 66.9 Å². The topological polar surface area (TPSA) is 25.8 Å². The van der Waals surface area contributed by atoms with E-state index in [4.69, 9.17) is 9.97 Å². The van der Waals surface area contributed by atoms with Crippen molar-refractivity contribution in [3.8, 4) is 56.0 Å². The summed E-state index contributed by atoms with van der Waals surface area (Å²) in [7, 11) is 0. The molecule has 3 heteroatoms. The molecular formula is C51H32N2S. The van der Waals surface area contributed by atoms with Gasteiger partial charge in [0.1, 0.15) is 0 Å². The molecule has 2 heterocycles. The van der Waals surface area contributed by atoms with Crippen molar-refractivity contribution in [1.29, 1.82) is 0 Å². The van der Waals surface area contributed by atoms with Crippen LogP contribution in [-0.4, -0.2) is 9.97 Å². The second kappa shape index (κ2) is 12.3. The fraction of sp³-hybridized carbons (Fsp3) is 0.0196. The summed E-state index contributed by atoms with van der Waals surface area (Å²) in [5.74, 6) is 0.724. The van der Waals surface area contributed by atoms with Gasteiger partial charge in [0.2, 0.25) is 0 Å². The smallest absolute Gasteiger partial charge is 0.161 e. The lowest BCUT2D eigenvalue weighted by Crippen LogP contribution is -2.32.